The van der Waals surface area contributed by atoms with Gasteiger partial charge < -0.3 is 4.90 Å². The quantitative estimate of drug-likeness (QED) is 0.844. The van der Waals surface area contributed by atoms with Crippen molar-refractivity contribution in [3.05, 3.63) is 76.5 Å². The van der Waals surface area contributed by atoms with Crippen LogP contribution in [-0.4, -0.2) is 26.1 Å². The number of hydrogen-bond donors (Lipinski definition) is 0. The predicted molar refractivity (Wildman–Crippen MR) is 95.8 cm³/mol. The molecule has 2 aromatic rings. The summed E-state index contributed by atoms with van der Waals surface area (Å²) >= 11 is 0. The second-order valence-corrected chi connectivity index (χ2v) is 8.18. The molecule has 1 aliphatic rings. The Hall–Kier alpha value is -2.47. The summed E-state index contributed by atoms with van der Waals surface area (Å²) < 4.78 is 36.9. The number of rotatable bonds is 3. The SMILES string of the molecule is Cc1cc(C)cc(C(=O)N(c2ccc(F)cc2)C2C=CS(=O)(=O)C2)c1. The average Bonchev–Trinajstić information content (AvgIpc) is 2.88. The first-order chi connectivity index (χ1) is 11.7. The molecule has 6 heteroatoms. The number of carbonyl (C=O) groups is 1. The standard InChI is InChI=1S/C19H18FNO3S/c1-13-9-14(2)11-15(10-13)19(22)21(17-5-3-16(20)4-6-17)18-7-8-25(23,24)12-18/h3-11,18H,12H2,1-2H3. The van der Waals surface area contributed by atoms with Gasteiger partial charge in [0.15, 0.2) is 9.84 Å². The number of anilines is 1. The van der Waals surface area contributed by atoms with E-state index in [0.717, 1.165) is 16.5 Å². The number of sulfone groups is 1. The fraction of sp³-hybridized carbons (Fsp3) is 0.211. The summed E-state index contributed by atoms with van der Waals surface area (Å²) in [5.41, 5.74) is 2.81. The molecule has 4 nitrogen and oxygen atoms in total. The monoisotopic (exact) mass is 359 g/mol. The van der Waals surface area contributed by atoms with Gasteiger partial charge in [0.2, 0.25) is 0 Å². The molecule has 1 aliphatic heterocycles. The number of halogens is 1. The van der Waals surface area contributed by atoms with E-state index in [-0.39, 0.29) is 11.7 Å². The van der Waals surface area contributed by atoms with Crippen LogP contribution >= 0.6 is 0 Å². The third kappa shape index (κ3) is 3.79. The summed E-state index contributed by atoms with van der Waals surface area (Å²) in [5, 5.41) is 1.13. The Kier molecular flexibility index (Phi) is 4.47. The Morgan fingerprint density at radius 2 is 1.68 bits per heavy atom. The van der Waals surface area contributed by atoms with Gasteiger partial charge in [-0.05, 0) is 56.3 Å². The molecule has 0 radical (unpaired) electrons. The fourth-order valence-electron chi connectivity index (χ4n) is 3.02. The van der Waals surface area contributed by atoms with Crippen LogP contribution in [0.25, 0.3) is 0 Å². The van der Waals surface area contributed by atoms with Gasteiger partial charge in [0, 0.05) is 16.7 Å². The first-order valence-electron chi connectivity index (χ1n) is 7.83. The van der Waals surface area contributed by atoms with Crippen molar-refractivity contribution in [1.29, 1.82) is 0 Å². The van der Waals surface area contributed by atoms with Crippen molar-refractivity contribution in [3.63, 3.8) is 0 Å². The van der Waals surface area contributed by atoms with Crippen molar-refractivity contribution in [3.8, 4) is 0 Å². The van der Waals surface area contributed by atoms with Gasteiger partial charge in [0.05, 0.1) is 11.8 Å². The Bertz CT molecular complexity index is 929. The maximum atomic E-state index is 13.3. The van der Waals surface area contributed by atoms with Crippen LogP contribution < -0.4 is 4.90 Å². The lowest BCUT2D eigenvalue weighted by Crippen LogP contribution is -2.41. The summed E-state index contributed by atoms with van der Waals surface area (Å²) in [4.78, 5) is 14.5. The molecule has 1 atom stereocenters. The van der Waals surface area contributed by atoms with E-state index in [9.17, 15) is 17.6 Å². The lowest BCUT2D eigenvalue weighted by molar-refractivity contribution is 0.0983. The highest BCUT2D eigenvalue weighted by molar-refractivity contribution is 7.94. The van der Waals surface area contributed by atoms with Crippen molar-refractivity contribution in [2.75, 3.05) is 10.7 Å². The van der Waals surface area contributed by atoms with Crippen LogP contribution in [0, 0.1) is 19.7 Å². The van der Waals surface area contributed by atoms with E-state index in [1.54, 1.807) is 12.1 Å². The highest BCUT2D eigenvalue weighted by Gasteiger charge is 2.32. The minimum Gasteiger partial charge on any atom is -0.300 e. The van der Waals surface area contributed by atoms with Gasteiger partial charge >= 0.3 is 0 Å². The molecular formula is C19H18FNO3S. The van der Waals surface area contributed by atoms with Crippen LogP contribution in [0.5, 0.6) is 0 Å². The smallest absolute Gasteiger partial charge is 0.258 e. The lowest BCUT2D eigenvalue weighted by Gasteiger charge is -2.28. The van der Waals surface area contributed by atoms with Crippen LogP contribution in [0.4, 0.5) is 10.1 Å². The third-order valence-electron chi connectivity index (χ3n) is 4.04. The van der Waals surface area contributed by atoms with E-state index in [1.165, 1.54) is 35.2 Å². The molecule has 0 fully saturated rings. The van der Waals surface area contributed by atoms with Gasteiger partial charge in [-0.15, -0.1) is 0 Å². The molecular weight excluding hydrogens is 341 g/mol. The Balaban J connectivity index is 2.06. The molecule has 1 amide bonds. The number of carbonyl (C=O) groups excluding carboxylic acids is 1. The van der Waals surface area contributed by atoms with Crippen molar-refractivity contribution in [1.82, 2.24) is 0 Å². The second kappa shape index (κ2) is 6.44. The highest BCUT2D eigenvalue weighted by Crippen LogP contribution is 2.26. The molecule has 0 saturated heterocycles. The fourth-order valence-corrected chi connectivity index (χ4v) is 4.29. The largest absolute Gasteiger partial charge is 0.300 e. The first-order valence-corrected chi connectivity index (χ1v) is 9.55. The van der Waals surface area contributed by atoms with Crippen molar-refractivity contribution in [2.24, 2.45) is 0 Å². The third-order valence-corrected chi connectivity index (χ3v) is 5.41. The highest BCUT2D eigenvalue weighted by atomic mass is 32.2. The van der Waals surface area contributed by atoms with Gasteiger partial charge in [-0.3, -0.25) is 4.79 Å². The maximum Gasteiger partial charge on any atom is 0.258 e. The summed E-state index contributed by atoms with van der Waals surface area (Å²) in [6.45, 7) is 3.79. The summed E-state index contributed by atoms with van der Waals surface area (Å²) in [7, 11) is -3.34. The van der Waals surface area contributed by atoms with Crippen molar-refractivity contribution >= 4 is 21.4 Å². The number of nitrogens with zero attached hydrogens (tertiary/aromatic N) is 1. The first kappa shape index (κ1) is 17.4. The summed E-state index contributed by atoms with van der Waals surface area (Å²) in [6, 6.07) is 10.3. The number of amides is 1. The van der Waals surface area contributed by atoms with Crippen LogP contribution in [-0.2, 0) is 9.84 Å². The maximum absolute atomic E-state index is 13.3. The van der Waals surface area contributed by atoms with Gasteiger partial charge in [-0.2, -0.15) is 0 Å². The topological polar surface area (TPSA) is 54.5 Å². The van der Waals surface area contributed by atoms with E-state index in [1.807, 2.05) is 19.9 Å². The number of aryl methyl sites for hydroxylation is 2. The Labute approximate surface area is 146 Å². The predicted octanol–water partition coefficient (Wildman–Crippen LogP) is 3.40. The molecule has 0 spiro atoms. The molecule has 25 heavy (non-hydrogen) atoms. The molecule has 0 N–H and O–H groups in total. The van der Waals surface area contributed by atoms with Gasteiger partial charge in [0.1, 0.15) is 5.82 Å². The van der Waals surface area contributed by atoms with Crippen molar-refractivity contribution < 1.29 is 17.6 Å². The van der Waals surface area contributed by atoms with E-state index in [4.69, 9.17) is 0 Å². The molecule has 1 unspecified atom stereocenters. The Morgan fingerprint density at radius 1 is 1.08 bits per heavy atom. The molecule has 0 aliphatic carbocycles. The summed E-state index contributed by atoms with van der Waals surface area (Å²) in [6.07, 6.45) is 1.50. The average molecular weight is 359 g/mol. The molecule has 130 valence electrons. The zero-order valence-corrected chi connectivity index (χ0v) is 14.8. The molecule has 2 aromatic carbocycles. The van der Waals surface area contributed by atoms with Crippen LogP contribution in [0.15, 0.2) is 53.9 Å². The minimum atomic E-state index is -3.34. The van der Waals surface area contributed by atoms with Crippen LogP contribution in [0.3, 0.4) is 0 Å². The van der Waals surface area contributed by atoms with Gasteiger partial charge in [-0.1, -0.05) is 17.2 Å². The number of hydrogen-bond acceptors (Lipinski definition) is 3. The minimum absolute atomic E-state index is 0.180. The van der Waals surface area contributed by atoms with E-state index in [2.05, 4.69) is 0 Å². The van der Waals surface area contributed by atoms with Gasteiger partial charge in [0.25, 0.3) is 5.91 Å². The molecule has 0 bridgehead atoms. The summed E-state index contributed by atoms with van der Waals surface area (Å²) in [5.74, 6) is -0.914. The Morgan fingerprint density at radius 3 is 2.20 bits per heavy atom. The second-order valence-electron chi connectivity index (χ2n) is 6.25. The van der Waals surface area contributed by atoms with E-state index >= 15 is 0 Å². The zero-order chi connectivity index (χ0) is 18.2. The molecule has 1 heterocycles. The van der Waals surface area contributed by atoms with Crippen LogP contribution in [0.2, 0.25) is 0 Å². The molecule has 0 aromatic heterocycles. The zero-order valence-electron chi connectivity index (χ0n) is 13.9. The molecule has 3 rings (SSSR count). The van der Waals surface area contributed by atoms with Crippen LogP contribution in [0.1, 0.15) is 21.5 Å². The normalized spacial score (nSPS) is 18.3. The van der Waals surface area contributed by atoms with E-state index in [0.29, 0.717) is 11.3 Å². The molecule has 0 saturated carbocycles. The van der Waals surface area contributed by atoms with E-state index < -0.39 is 21.7 Å². The van der Waals surface area contributed by atoms with Gasteiger partial charge in [-0.25, -0.2) is 12.8 Å². The van der Waals surface area contributed by atoms with Crippen molar-refractivity contribution in [2.45, 2.75) is 19.9 Å². The lowest BCUT2D eigenvalue weighted by atomic mass is 10.0. The number of benzene rings is 2.